The first kappa shape index (κ1) is 29.9. The van der Waals surface area contributed by atoms with Gasteiger partial charge in [0.2, 0.25) is 11.8 Å². The highest BCUT2D eigenvalue weighted by Crippen LogP contribution is 2.35. The van der Waals surface area contributed by atoms with Gasteiger partial charge in [0.25, 0.3) is 17.5 Å². The van der Waals surface area contributed by atoms with Crippen LogP contribution in [0.1, 0.15) is 22.3 Å². The fourth-order valence-electron chi connectivity index (χ4n) is 4.39. The van der Waals surface area contributed by atoms with Gasteiger partial charge in [-0.15, -0.1) is 11.8 Å². The summed E-state index contributed by atoms with van der Waals surface area (Å²) in [7, 11) is 0. The van der Waals surface area contributed by atoms with Gasteiger partial charge in [-0.1, -0.05) is 42.5 Å². The number of imide groups is 1. The second-order valence-electron chi connectivity index (χ2n) is 9.53. The number of amides is 4. The molecule has 220 valence electrons. The number of hydrogen-bond donors (Lipinski definition) is 2. The standard InChI is InChI=1S/C32H23FN4O6S/c33-26-12-5-4-9-21(26)17-27(35-30(39)20-7-2-1-3-8-20)31(40)34-22-10-6-11-25(18-22)44-28-19-29(38)36(32(28)41)23-13-15-24(16-14-23)37(42)43/h1-18,28H,19H2,(H,34,40)(H,35,39)/b27-17-/t28-/m1/s1. The van der Waals surface area contributed by atoms with Gasteiger partial charge in [-0.2, -0.15) is 0 Å². The van der Waals surface area contributed by atoms with Gasteiger partial charge in [0.05, 0.1) is 15.9 Å². The number of rotatable bonds is 9. The third kappa shape index (κ3) is 6.88. The first-order valence-corrected chi connectivity index (χ1v) is 14.1. The Kier molecular flexibility index (Phi) is 8.91. The van der Waals surface area contributed by atoms with Crippen molar-refractivity contribution < 1.29 is 28.5 Å². The van der Waals surface area contributed by atoms with E-state index < -0.39 is 39.6 Å². The van der Waals surface area contributed by atoms with Crippen LogP contribution in [0.15, 0.2) is 114 Å². The summed E-state index contributed by atoms with van der Waals surface area (Å²) >= 11 is 1.13. The number of carbonyl (C=O) groups excluding carboxylic acids is 4. The van der Waals surface area contributed by atoms with E-state index in [9.17, 15) is 33.7 Å². The normalized spacial score (nSPS) is 14.8. The van der Waals surface area contributed by atoms with Gasteiger partial charge in [0.1, 0.15) is 11.5 Å². The lowest BCUT2D eigenvalue weighted by Gasteiger charge is -2.15. The summed E-state index contributed by atoms with van der Waals surface area (Å²) in [6, 6.07) is 25.8. The number of carbonyl (C=O) groups is 4. The van der Waals surface area contributed by atoms with Crippen molar-refractivity contribution in [2.45, 2.75) is 16.6 Å². The maximum absolute atomic E-state index is 14.4. The summed E-state index contributed by atoms with van der Waals surface area (Å²) in [6.07, 6.45) is 1.15. The average molecular weight is 611 g/mol. The van der Waals surface area contributed by atoms with E-state index in [1.807, 2.05) is 0 Å². The molecule has 1 aliphatic heterocycles. The van der Waals surface area contributed by atoms with E-state index in [0.29, 0.717) is 16.1 Å². The van der Waals surface area contributed by atoms with Crippen LogP contribution >= 0.6 is 11.8 Å². The monoisotopic (exact) mass is 610 g/mol. The molecule has 1 heterocycles. The molecule has 0 radical (unpaired) electrons. The number of nitro benzene ring substituents is 1. The smallest absolute Gasteiger partial charge is 0.272 e. The highest BCUT2D eigenvalue weighted by atomic mass is 32.2. The lowest BCUT2D eigenvalue weighted by Crippen LogP contribution is -2.31. The number of hydrogen-bond acceptors (Lipinski definition) is 7. The molecular weight excluding hydrogens is 587 g/mol. The largest absolute Gasteiger partial charge is 0.321 e. The maximum atomic E-state index is 14.4. The van der Waals surface area contributed by atoms with E-state index in [0.717, 1.165) is 16.7 Å². The molecule has 1 aliphatic rings. The van der Waals surface area contributed by atoms with E-state index in [2.05, 4.69) is 10.6 Å². The quantitative estimate of drug-likeness (QED) is 0.109. The van der Waals surface area contributed by atoms with Gasteiger partial charge in [-0.25, -0.2) is 9.29 Å². The lowest BCUT2D eigenvalue weighted by molar-refractivity contribution is -0.384. The summed E-state index contributed by atoms with van der Waals surface area (Å²) < 4.78 is 14.4. The van der Waals surface area contributed by atoms with Crippen LogP contribution in [0.4, 0.5) is 21.5 Å². The molecule has 0 unspecified atom stereocenters. The molecule has 1 saturated heterocycles. The third-order valence-electron chi connectivity index (χ3n) is 6.53. The Morgan fingerprint density at radius 3 is 2.34 bits per heavy atom. The molecule has 12 heteroatoms. The summed E-state index contributed by atoms with van der Waals surface area (Å²) in [5.41, 5.74) is 0.606. The van der Waals surface area contributed by atoms with Crippen molar-refractivity contribution in [2.24, 2.45) is 0 Å². The van der Waals surface area contributed by atoms with Crippen molar-refractivity contribution in [1.29, 1.82) is 0 Å². The lowest BCUT2D eigenvalue weighted by atomic mass is 10.1. The Hall–Kier alpha value is -5.62. The average Bonchev–Trinajstić information content (AvgIpc) is 3.30. The van der Waals surface area contributed by atoms with Gasteiger partial charge in [-0.05, 0) is 54.6 Å². The Labute approximate surface area is 254 Å². The minimum absolute atomic E-state index is 0.0852. The molecule has 0 saturated carbocycles. The minimum atomic E-state index is -0.759. The second kappa shape index (κ2) is 13.1. The number of non-ortho nitro benzene ring substituents is 1. The summed E-state index contributed by atoms with van der Waals surface area (Å²) in [5.74, 6) is -2.76. The molecule has 0 bridgehead atoms. The fourth-order valence-corrected chi connectivity index (χ4v) is 5.50. The van der Waals surface area contributed by atoms with Crippen LogP contribution in [-0.4, -0.2) is 33.8 Å². The Morgan fingerprint density at radius 2 is 1.64 bits per heavy atom. The molecule has 10 nitrogen and oxygen atoms in total. The zero-order valence-electron chi connectivity index (χ0n) is 22.8. The topological polar surface area (TPSA) is 139 Å². The van der Waals surface area contributed by atoms with Crippen molar-refractivity contribution in [2.75, 3.05) is 10.2 Å². The van der Waals surface area contributed by atoms with Gasteiger partial charge in [0.15, 0.2) is 0 Å². The van der Waals surface area contributed by atoms with Crippen molar-refractivity contribution in [3.05, 3.63) is 136 Å². The van der Waals surface area contributed by atoms with Crippen LogP contribution < -0.4 is 15.5 Å². The van der Waals surface area contributed by atoms with Crippen LogP contribution in [0.25, 0.3) is 6.08 Å². The fraction of sp³-hybridized carbons (Fsp3) is 0.0625. The van der Waals surface area contributed by atoms with Crippen molar-refractivity contribution in [3.63, 3.8) is 0 Å². The van der Waals surface area contributed by atoms with Gasteiger partial charge < -0.3 is 10.6 Å². The number of thioether (sulfide) groups is 1. The van der Waals surface area contributed by atoms with Gasteiger partial charge in [0, 0.05) is 40.3 Å². The molecule has 4 aromatic rings. The van der Waals surface area contributed by atoms with Crippen LogP contribution in [0.2, 0.25) is 0 Å². The van der Waals surface area contributed by atoms with Crippen LogP contribution in [0, 0.1) is 15.9 Å². The van der Waals surface area contributed by atoms with E-state index in [1.54, 1.807) is 60.7 Å². The number of nitrogens with zero attached hydrogens (tertiary/aromatic N) is 2. The highest BCUT2D eigenvalue weighted by Gasteiger charge is 2.40. The number of anilines is 2. The second-order valence-corrected chi connectivity index (χ2v) is 10.8. The number of nitro groups is 1. The van der Waals surface area contributed by atoms with E-state index in [4.69, 9.17) is 0 Å². The maximum Gasteiger partial charge on any atom is 0.272 e. The molecule has 44 heavy (non-hydrogen) atoms. The molecule has 4 amide bonds. The molecule has 0 aromatic heterocycles. The molecule has 1 fully saturated rings. The highest BCUT2D eigenvalue weighted by molar-refractivity contribution is 8.00. The zero-order valence-corrected chi connectivity index (χ0v) is 23.6. The van der Waals surface area contributed by atoms with Gasteiger partial charge >= 0.3 is 0 Å². The van der Waals surface area contributed by atoms with E-state index in [-0.39, 0.29) is 29.1 Å². The van der Waals surface area contributed by atoms with Gasteiger partial charge in [-0.3, -0.25) is 29.3 Å². The molecule has 0 aliphatic carbocycles. The molecule has 1 atom stereocenters. The first-order chi connectivity index (χ1) is 21.2. The third-order valence-corrected chi connectivity index (χ3v) is 7.71. The number of halogens is 1. The van der Waals surface area contributed by atoms with Crippen molar-refractivity contribution in [1.82, 2.24) is 5.32 Å². The van der Waals surface area contributed by atoms with Crippen LogP contribution in [0.3, 0.4) is 0 Å². The Morgan fingerprint density at radius 1 is 0.932 bits per heavy atom. The summed E-state index contributed by atoms with van der Waals surface area (Å²) in [5, 5.41) is 15.4. The van der Waals surface area contributed by atoms with Crippen molar-refractivity contribution >= 4 is 58.5 Å². The zero-order chi connectivity index (χ0) is 31.2. The minimum Gasteiger partial charge on any atom is -0.321 e. The van der Waals surface area contributed by atoms with Crippen molar-refractivity contribution in [3.8, 4) is 0 Å². The molecular formula is C32H23FN4O6S. The Bertz CT molecular complexity index is 1800. The van der Waals surface area contributed by atoms with E-state index >= 15 is 0 Å². The summed E-state index contributed by atoms with van der Waals surface area (Å²) in [6.45, 7) is 0. The molecule has 5 rings (SSSR count). The predicted molar refractivity (Wildman–Crippen MR) is 163 cm³/mol. The van der Waals surface area contributed by atoms with Crippen LogP contribution in [-0.2, 0) is 14.4 Å². The summed E-state index contributed by atoms with van der Waals surface area (Å²) in [4.78, 5) is 63.9. The first-order valence-electron chi connectivity index (χ1n) is 13.2. The molecule has 4 aromatic carbocycles. The molecule has 2 N–H and O–H groups in total. The number of benzene rings is 4. The predicted octanol–water partition coefficient (Wildman–Crippen LogP) is 5.57. The SMILES string of the molecule is O=C(Nc1cccc(S[C@@H]2CC(=O)N(c3ccc([N+](=O)[O-])cc3)C2=O)c1)/C(=C/c1ccccc1F)NC(=O)c1ccccc1. The number of nitrogens with one attached hydrogen (secondary N) is 2. The Balaban J connectivity index is 1.32. The van der Waals surface area contributed by atoms with Crippen LogP contribution in [0.5, 0.6) is 0 Å². The van der Waals surface area contributed by atoms with E-state index in [1.165, 1.54) is 48.5 Å². The molecule has 0 spiro atoms.